The SMILES string of the molecule is COCCc1noc(CN(C)C(=O)C2CC3(CCNCC3)CN2)n1.Cl.Cl. The summed E-state index contributed by atoms with van der Waals surface area (Å²) in [5, 5.41) is 10.7. The van der Waals surface area contributed by atoms with Crippen LogP contribution in [0.5, 0.6) is 0 Å². The molecule has 8 nitrogen and oxygen atoms in total. The molecule has 0 bridgehead atoms. The summed E-state index contributed by atoms with van der Waals surface area (Å²) in [5.41, 5.74) is 0.282. The van der Waals surface area contributed by atoms with Gasteiger partial charge in [-0.2, -0.15) is 4.98 Å². The zero-order valence-electron chi connectivity index (χ0n) is 15.3. The van der Waals surface area contributed by atoms with E-state index in [4.69, 9.17) is 9.26 Å². The van der Waals surface area contributed by atoms with E-state index in [2.05, 4.69) is 20.8 Å². The molecular weight excluding hydrogens is 381 g/mol. The average molecular weight is 410 g/mol. The molecular formula is C16H29Cl2N5O3. The van der Waals surface area contributed by atoms with E-state index >= 15 is 0 Å². The van der Waals surface area contributed by atoms with Crippen LogP contribution >= 0.6 is 24.8 Å². The molecule has 3 heterocycles. The molecule has 1 amide bonds. The normalized spacial score (nSPS) is 21.1. The van der Waals surface area contributed by atoms with Gasteiger partial charge in [-0.15, -0.1) is 24.8 Å². The molecule has 10 heteroatoms. The molecule has 26 heavy (non-hydrogen) atoms. The summed E-state index contributed by atoms with van der Waals surface area (Å²) >= 11 is 0. The fraction of sp³-hybridized carbons (Fsp3) is 0.812. The molecule has 0 saturated carbocycles. The van der Waals surface area contributed by atoms with Gasteiger partial charge in [-0.1, -0.05) is 5.16 Å². The Morgan fingerprint density at radius 3 is 2.81 bits per heavy atom. The van der Waals surface area contributed by atoms with Crippen molar-refractivity contribution in [2.45, 2.75) is 38.3 Å². The van der Waals surface area contributed by atoms with E-state index in [0.29, 0.717) is 31.3 Å². The Kier molecular flexibility index (Phi) is 9.26. The van der Waals surface area contributed by atoms with Crippen LogP contribution in [-0.2, 0) is 22.5 Å². The lowest BCUT2D eigenvalue weighted by Crippen LogP contribution is -2.41. The Hall–Kier alpha value is -0.930. The van der Waals surface area contributed by atoms with Gasteiger partial charge in [0.1, 0.15) is 0 Å². The van der Waals surface area contributed by atoms with Crippen molar-refractivity contribution in [3.05, 3.63) is 11.7 Å². The second-order valence-corrected chi connectivity index (χ2v) is 6.93. The lowest BCUT2D eigenvalue weighted by atomic mass is 9.77. The van der Waals surface area contributed by atoms with Crippen LogP contribution in [0.2, 0.25) is 0 Å². The van der Waals surface area contributed by atoms with Gasteiger partial charge in [0.25, 0.3) is 0 Å². The van der Waals surface area contributed by atoms with Crippen LogP contribution in [0, 0.1) is 5.41 Å². The number of carbonyl (C=O) groups is 1. The number of likely N-dealkylation sites (N-methyl/N-ethyl adjacent to an activating group) is 1. The summed E-state index contributed by atoms with van der Waals surface area (Å²) in [7, 11) is 3.42. The van der Waals surface area contributed by atoms with Gasteiger partial charge in [0.15, 0.2) is 5.82 Å². The molecule has 1 aromatic rings. The standard InChI is InChI=1S/C16H27N5O3.2ClH/c1-21(10-14-19-13(20-24-14)3-8-23-2)15(22)12-9-16(11-18-12)4-6-17-7-5-16;;/h12,17-18H,3-11H2,1-2H3;2*1H. The third-order valence-electron chi connectivity index (χ3n) is 5.11. The molecule has 150 valence electrons. The van der Waals surface area contributed by atoms with Gasteiger partial charge < -0.3 is 24.8 Å². The number of amides is 1. The van der Waals surface area contributed by atoms with Gasteiger partial charge in [0, 0.05) is 27.1 Å². The van der Waals surface area contributed by atoms with Crippen LogP contribution in [0.25, 0.3) is 0 Å². The molecule has 2 aliphatic heterocycles. The van der Waals surface area contributed by atoms with Crippen molar-refractivity contribution < 1.29 is 14.1 Å². The van der Waals surface area contributed by atoms with Crippen LogP contribution in [0.1, 0.15) is 31.0 Å². The van der Waals surface area contributed by atoms with Crippen LogP contribution < -0.4 is 10.6 Å². The van der Waals surface area contributed by atoms with E-state index in [1.54, 1.807) is 19.1 Å². The zero-order valence-corrected chi connectivity index (χ0v) is 17.0. The van der Waals surface area contributed by atoms with Gasteiger partial charge >= 0.3 is 0 Å². The number of halogens is 2. The second kappa shape index (κ2) is 10.4. The van der Waals surface area contributed by atoms with Gasteiger partial charge in [-0.05, 0) is 37.8 Å². The summed E-state index contributed by atoms with van der Waals surface area (Å²) in [5.74, 6) is 1.17. The van der Waals surface area contributed by atoms with Crippen molar-refractivity contribution in [2.75, 3.05) is 40.4 Å². The monoisotopic (exact) mass is 409 g/mol. The average Bonchev–Trinajstić information content (AvgIpc) is 3.20. The van der Waals surface area contributed by atoms with Crippen molar-refractivity contribution in [1.29, 1.82) is 0 Å². The molecule has 2 N–H and O–H groups in total. The zero-order chi connectivity index (χ0) is 17.0. The van der Waals surface area contributed by atoms with E-state index in [1.807, 2.05) is 0 Å². The minimum absolute atomic E-state index is 0. The first-order valence-corrected chi connectivity index (χ1v) is 8.61. The Morgan fingerprint density at radius 2 is 2.12 bits per heavy atom. The fourth-order valence-corrected chi connectivity index (χ4v) is 3.63. The number of ether oxygens (including phenoxy) is 1. The molecule has 3 rings (SSSR count). The number of nitrogens with one attached hydrogen (secondary N) is 2. The summed E-state index contributed by atoms with van der Waals surface area (Å²) in [6.45, 7) is 3.91. The molecule has 0 aliphatic carbocycles. The Morgan fingerprint density at radius 1 is 1.38 bits per heavy atom. The number of aromatic nitrogens is 2. The third kappa shape index (κ3) is 5.53. The predicted molar refractivity (Wildman–Crippen MR) is 102 cm³/mol. The minimum atomic E-state index is -0.107. The van der Waals surface area contributed by atoms with E-state index in [9.17, 15) is 4.79 Å². The van der Waals surface area contributed by atoms with Crippen molar-refractivity contribution in [3.63, 3.8) is 0 Å². The number of hydrogen-bond donors (Lipinski definition) is 2. The summed E-state index contributed by atoms with van der Waals surface area (Å²) < 4.78 is 10.2. The number of piperidine rings is 1. The fourth-order valence-electron chi connectivity index (χ4n) is 3.63. The number of hydrogen-bond acceptors (Lipinski definition) is 7. The van der Waals surface area contributed by atoms with Crippen LogP contribution in [-0.4, -0.2) is 67.4 Å². The first-order valence-electron chi connectivity index (χ1n) is 8.61. The maximum Gasteiger partial charge on any atom is 0.246 e. The molecule has 1 aromatic heterocycles. The van der Waals surface area contributed by atoms with E-state index in [0.717, 1.165) is 38.9 Å². The lowest BCUT2D eigenvalue weighted by Gasteiger charge is -2.33. The maximum absolute atomic E-state index is 12.7. The third-order valence-corrected chi connectivity index (χ3v) is 5.11. The lowest BCUT2D eigenvalue weighted by molar-refractivity contribution is -0.132. The highest BCUT2D eigenvalue weighted by atomic mass is 35.5. The number of methoxy groups -OCH3 is 1. The highest BCUT2D eigenvalue weighted by Crippen LogP contribution is 2.37. The molecule has 2 saturated heterocycles. The molecule has 2 fully saturated rings. The minimum Gasteiger partial charge on any atom is -0.384 e. The Balaban J connectivity index is 0.00000169. The number of nitrogens with zero attached hydrogens (tertiary/aromatic N) is 3. The van der Waals surface area contributed by atoms with E-state index < -0.39 is 0 Å². The molecule has 1 unspecified atom stereocenters. The van der Waals surface area contributed by atoms with Crippen molar-refractivity contribution in [3.8, 4) is 0 Å². The smallest absolute Gasteiger partial charge is 0.246 e. The number of rotatable bonds is 6. The van der Waals surface area contributed by atoms with Crippen molar-refractivity contribution >= 4 is 30.7 Å². The maximum atomic E-state index is 12.7. The summed E-state index contributed by atoms with van der Waals surface area (Å²) in [4.78, 5) is 18.7. The first kappa shape index (κ1) is 23.1. The Bertz CT molecular complexity index is 566. The van der Waals surface area contributed by atoms with Gasteiger partial charge in [0.2, 0.25) is 11.8 Å². The Labute approximate surface area is 166 Å². The van der Waals surface area contributed by atoms with Crippen LogP contribution in [0.3, 0.4) is 0 Å². The van der Waals surface area contributed by atoms with Crippen molar-refractivity contribution in [1.82, 2.24) is 25.7 Å². The highest BCUT2D eigenvalue weighted by molar-refractivity contribution is 5.85. The van der Waals surface area contributed by atoms with Gasteiger partial charge in [-0.25, -0.2) is 0 Å². The predicted octanol–water partition coefficient (Wildman–Crippen LogP) is 0.792. The summed E-state index contributed by atoms with van der Waals surface area (Å²) in [6, 6.07) is -0.107. The van der Waals surface area contributed by atoms with Crippen molar-refractivity contribution in [2.24, 2.45) is 5.41 Å². The number of carbonyl (C=O) groups excluding carboxylic acids is 1. The van der Waals surface area contributed by atoms with Crippen LogP contribution in [0.4, 0.5) is 0 Å². The molecule has 1 spiro atoms. The first-order chi connectivity index (χ1) is 11.6. The van der Waals surface area contributed by atoms with Gasteiger partial charge in [0.05, 0.1) is 19.2 Å². The molecule has 2 aliphatic rings. The van der Waals surface area contributed by atoms with Gasteiger partial charge in [-0.3, -0.25) is 4.79 Å². The second-order valence-electron chi connectivity index (χ2n) is 6.93. The summed E-state index contributed by atoms with van der Waals surface area (Å²) in [6.07, 6.45) is 3.80. The highest BCUT2D eigenvalue weighted by Gasteiger charge is 2.42. The molecule has 1 atom stereocenters. The largest absolute Gasteiger partial charge is 0.384 e. The van der Waals surface area contributed by atoms with E-state index in [1.165, 1.54) is 0 Å². The topological polar surface area (TPSA) is 92.5 Å². The van der Waals surface area contributed by atoms with E-state index in [-0.39, 0.29) is 42.2 Å². The van der Waals surface area contributed by atoms with Crippen LogP contribution in [0.15, 0.2) is 4.52 Å². The molecule has 0 aromatic carbocycles. The quantitative estimate of drug-likeness (QED) is 0.717. The molecule has 0 radical (unpaired) electrons.